The number of carbonyl (C=O) groups is 4. The van der Waals surface area contributed by atoms with Gasteiger partial charge in [0.05, 0.1) is 5.92 Å². The van der Waals surface area contributed by atoms with E-state index in [1.807, 2.05) is 32.0 Å². The van der Waals surface area contributed by atoms with Crippen LogP contribution in [-0.4, -0.2) is 36.8 Å². The maximum absolute atomic E-state index is 12.4. The molecule has 1 atom stereocenters. The molecule has 1 aliphatic rings. The lowest BCUT2D eigenvalue weighted by Gasteiger charge is -2.19. The molecule has 2 aromatic rings. The molecule has 0 saturated carbocycles. The van der Waals surface area contributed by atoms with Crippen molar-refractivity contribution < 1.29 is 23.9 Å². The summed E-state index contributed by atoms with van der Waals surface area (Å²) in [5.74, 6) is -2.00. The maximum Gasteiger partial charge on any atom is 0.311 e. The predicted molar refractivity (Wildman–Crippen MR) is 117 cm³/mol. The lowest BCUT2D eigenvalue weighted by molar-refractivity contribution is -0.151. The van der Waals surface area contributed by atoms with Crippen LogP contribution in [0, 0.1) is 19.8 Å². The molecule has 2 N–H and O–H groups in total. The highest BCUT2D eigenvalue weighted by atomic mass is 16.5. The Bertz CT molecular complexity index is 1020. The van der Waals surface area contributed by atoms with E-state index in [9.17, 15) is 19.2 Å². The second-order valence-electron chi connectivity index (χ2n) is 7.61. The van der Waals surface area contributed by atoms with Crippen LogP contribution in [0.15, 0.2) is 42.5 Å². The van der Waals surface area contributed by atoms with Gasteiger partial charge in [-0.05, 0) is 55.3 Å². The van der Waals surface area contributed by atoms with Crippen molar-refractivity contribution in [2.24, 2.45) is 5.92 Å². The minimum Gasteiger partial charge on any atom is -0.455 e. The van der Waals surface area contributed by atoms with Gasteiger partial charge >= 0.3 is 5.97 Å². The molecule has 0 bridgehead atoms. The number of aryl methyl sites for hydroxylation is 2. The molecule has 0 aliphatic carbocycles. The van der Waals surface area contributed by atoms with E-state index in [-0.39, 0.29) is 24.8 Å². The van der Waals surface area contributed by atoms with Gasteiger partial charge in [0.25, 0.3) is 5.91 Å². The van der Waals surface area contributed by atoms with Gasteiger partial charge in [-0.15, -0.1) is 0 Å². The Balaban J connectivity index is 1.51. The number of ether oxygens (including phenoxy) is 1. The van der Waals surface area contributed by atoms with Crippen LogP contribution in [0.3, 0.4) is 0 Å². The number of hydrogen-bond acceptors (Lipinski definition) is 5. The molecule has 0 aromatic heterocycles. The largest absolute Gasteiger partial charge is 0.455 e. The Morgan fingerprint density at radius 1 is 1.03 bits per heavy atom. The summed E-state index contributed by atoms with van der Waals surface area (Å²) in [5.41, 5.74) is 3.89. The summed E-state index contributed by atoms with van der Waals surface area (Å²) in [6.45, 7) is 5.06. The fourth-order valence-corrected chi connectivity index (χ4v) is 3.40. The highest BCUT2D eigenvalue weighted by Gasteiger charge is 2.36. The van der Waals surface area contributed by atoms with Gasteiger partial charge in [-0.1, -0.05) is 12.1 Å². The third-order valence-electron chi connectivity index (χ3n) is 4.95. The summed E-state index contributed by atoms with van der Waals surface area (Å²) in [5, 5.41) is 5.25. The van der Waals surface area contributed by atoms with E-state index in [4.69, 9.17) is 4.74 Å². The Hall–Kier alpha value is -3.68. The Kier molecular flexibility index (Phi) is 6.69. The van der Waals surface area contributed by atoms with E-state index in [0.717, 1.165) is 16.8 Å². The minimum atomic E-state index is -0.614. The number of nitrogens with zero attached hydrogens (tertiary/aromatic N) is 1. The van der Waals surface area contributed by atoms with Crippen LogP contribution in [0.5, 0.6) is 0 Å². The molecular weight excluding hydrogens is 398 g/mol. The average Bonchev–Trinajstić information content (AvgIpc) is 3.10. The number of esters is 1. The van der Waals surface area contributed by atoms with Crippen LogP contribution in [0.1, 0.15) is 24.5 Å². The van der Waals surface area contributed by atoms with Gasteiger partial charge in [-0.2, -0.15) is 0 Å². The van der Waals surface area contributed by atoms with Crippen molar-refractivity contribution >= 4 is 40.8 Å². The third-order valence-corrected chi connectivity index (χ3v) is 4.95. The van der Waals surface area contributed by atoms with E-state index in [1.54, 1.807) is 29.2 Å². The molecule has 2 aromatic carbocycles. The molecule has 0 unspecified atom stereocenters. The number of benzene rings is 2. The maximum atomic E-state index is 12.4. The number of anilines is 3. The normalized spacial score (nSPS) is 15.5. The van der Waals surface area contributed by atoms with Crippen LogP contribution >= 0.6 is 0 Å². The quantitative estimate of drug-likeness (QED) is 0.695. The average molecular weight is 423 g/mol. The van der Waals surface area contributed by atoms with Crippen molar-refractivity contribution in [2.75, 3.05) is 28.7 Å². The molecule has 0 spiro atoms. The van der Waals surface area contributed by atoms with Gasteiger partial charge in [0.2, 0.25) is 11.8 Å². The van der Waals surface area contributed by atoms with Gasteiger partial charge in [0.15, 0.2) is 6.61 Å². The molecule has 3 amide bonds. The van der Waals surface area contributed by atoms with Crippen LogP contribution in [-0.2, 0) is 23.9 Å². The first kappa shape index (κ1) is 22.0. The van der Waals surface area contributed by atoms with E-state index >= 15 is 0 Å². The highest BCUT2D eigenvalue weighted by molar-refractivity contribution is 6.00. The molecule has 1 aliphatic heterocycles. The zero-order valence-corrected chi connectivity index (χ0v) is 17.7. The molecule has 31 heavy (non-hydrogen) atoms. The van der Waals surface area contributed by atoms with E-state index in [0.29, 0.717) is 11.4 Å². The number of amides is 3. The number of hydrogen-bond donors (Lipinski definition) is 2. The zero-order valence-electron chi connectivity index (χ0n) is 17.7. The topological polar surface area (TPSA) is 105 Å². The molecule has 8 nitrogen and oxygen atoms in total. The lowest BCUT2D eigenvalue weighted by atomic mass is 10.1. The standard InChI is InChI=1S/C23H25N3O5/c1-14-4-5-15(2)20(10-14)26-12-17(11-22(26)29)23(30)31-13-21(28)25-19-8-6-18(7-9-19)24-16(3)27/h4-10,17H,11-13H2,1-3H3,(H,24,27)(H,25,28)/t17-/m0/s1. The summed E-state index contributed by atoms with van der Waals surface area (Å²) >= 11 is 0. The first-order valence-corrected chi connectivity index (χ1v) is 9.94. The highest BCUT2D eigenvalue weighted by Crippen LogP contribution is 2.29. The summed E-state index contributed by atoms with van der Waals surface area (Å²) in [4.78, 5) is 49.6. The van der Waals surface area contributed by atoms with Gasteiger partial charge in [-0.3, -0.25) is 19.2 Å². The number of rotatable bonds is 6. The summed E-state index contributed by atoms with van der Waals surface area (Å²) in [7, 11) is 0. The van der Waals surface area contributed by atoms with Gasteiger partial charge in [-0.25, -0.2) is 0 Å². The van der Waals surface area contributed by atoms with E-state index < -0.39 is 24.4 Å². The van der Waals surface area contributed by atoms with Crippen molar-refractivity contribution in [3.05, 3.63) is 53.6 Å². The van der Waals surface area contributed by atoms with Crippen LogP contribution < -0.4 is 15.5 Å². The molecule has 3 rings (SSSR count). The molecule has 0 radical (unpaired) electrons. The Labute approximate surface area is 180 Å². The van der Waals surface area contributed by atoms with Gasteiger partial charge < -0.3 is 20.3 Å². The van der Waals surface area contributed by atoms with Crippen LogP contribution in [0.25, 0.3) is 0 Å². The van der Waals surface area contributed by atoms with Crippen LogP contribution in [0.4, 0.5) is 17.1 Å². The fourth-order valence-electron chi connectivity index (χ4n) is 3.40. The van der Waals surface area contributed by atoms with Crippen molar-refractivity contribution in [2.45, 2.75) is 27.2 Å². The predicted octanol–water partition coefficient (Wildman–Crippen LogP) is 2.80. The Morgan fingerprint density at radius 2 is 1.68 bits per heavy atom. The first-order chi connectivity index (χ1) is 14.7. The lowest BCUT2D eigenvalue weighted by Crippen LogP contribution is -2.28. The first-order valence-electron chi connectivity index (χ1n) is 9.94. The molecular formula is C23H25N3O5. The number of nitrogens with one attached hydrogen (secondary N) is 2. The van der Waals surface area contributed by atoms with Gasteiger partial charge in [0, 0.05) is 37.0 Å². The smallest absolute Gasteiger partial charge is 0.311 e. The molecule has 162 valence electrons. The van der Waals surface area contributed by atoms with E-state index in [1.165, 1.54) is 6.92 Å². The second kappa shape index (κ2) is 9.42. The number of carbonyl (C=O) groups excluding carboxylic acids is 4. The molecule has 1 fully saturated rings. The van der Waals surface area contributed by atoms with Gasteiger partial charge in [0.1, 0.15) is 0 Å². The zero-order chi connectivity index (χ0) is 22.5. The summed E-state index contributed by atoms with van der Waals surface area (Å²) < 4.78 is 5.14. The Morgan fingerprint density at radius 3 is 2.32 bits per heavy atom. The van der Waals surface area contributed by atoms with Crippen molar-refractivity contribution in [1.82, 2.24) is 0 Å². The molecule has 1 saturated heterocycles. The monoisotopic (exact) mass is 423 g/mol. The molecule has 1 heterocycles. The SMILES string of the molecule is CC(=O)Nc1ccc(NC(=O)COC(=O)[C@H]2CC(=O)N(c3cc(C)ccc3C)C2)cc1. The van der Waals surface area contributed by atoms with Crippen molar-refractivity contribution in [3.8, 4) is 0 Å². The van der Waals surface area contributed by atoms with Crippen molar-refractivity contribution in [3.63, 3.8) is 0 Å². The minimum absolute atomic E-state index is 0.0540. The fraction of sp³-hybridized carbons (Fsp3) is 0.304. The van der Waals surface area contributed by atoms with Crippen molar-refractivity contribution in [1.29, 1.82) is 0 Å². The van der Waals surface area contributed by atoms with Crippen LogP contribution in [0.2, 0.25) is 0 Å². The molecule has 8 heteroatoms. The summed E-state index contributed by atoms with van der Waals surface area (Å²) in [6, 6.07) is 12.4. The van der Waals surface area contributed by atoms with E-state index in [2.05, 4.69) is 10.6 Å². The summed E-state index contributed by atoms with van der Waals surface area (Å²) in [6.07, 6.45) is 0.0540. The third kappa shape index (κ3) is 5.69. The second-order valence-corrected chi connectivity index (χ2v) is 7.61.